The molecule has 0 saturated heterocycles. The normalized spacial score (nSPS) is 11.2. The van der Waals surface area contributed by atoms with E-state index in [1.165, 1.54) is 10.5 Å². The third kappa shape index (κ3) is 3.90. The highest BCUT2D eigenvalue weighted by atomic mass is 32.2. The van der Waals surface area contributed by atoms with Gasteiger partial charge in [-0.15, -0.1) is 0 Å². The summed E-state index contributed by atoms with van der Waals surface area (Å²) in [5.74, 6) is -0.255. The molecule has 1 aromatic carbocycles. The quantitative estimate of drug-likeness (QED) is 0.807. The molecule has 6 nitrogen and oxygen atoms in total. The van der Waals surface area contributed by atoms with E-state index < -0.39 is 10.0 Å². The Bertz CT molecular complexity index is 743. The van der Waals surface area contributed by atoms with Crippen molar-refractivity contribution >= 4 is 21.5 Å². The van der Waals surface area contributed by atoms with Crippen LogP contribution in [-0.4, -0.2) is 32.0 Å². The molecule has 7 heteroatoms. The molecule has 0 saturated carbocycles. The second kappa shape index (κ2) is 6.67. The van der Waals surface area contributed by atoms with Gasteiger partial charge in [-0.1, -0.05) is 24.3 Å². The van der Waals surface area contributed by atoms with Crippen molar-refractivity contribution in [1.82, 2.24) is 4.98 Å². The number of hydrogen-bond acceptors (Lipinski definition) is 5. The molecule has 0 spiro atoms. The number of benzene rings is 1. The highest BCUT2D eigenvalue weighted by Gasteiger charge is 2.18. The molecule has 116 valence electrons. The maximum Gasteiger partial charge on any atom is 0.232 e. The van der Waals surface area contributed by atoms with Gasteiger partial charge in [-0.3, -0.25) is 14.1 Å². The molecule has 0 bridgehead atoms. The number of para-hydroxylation sites is 1. The highest BCUT2D eigenvalue weighted by Crippen LogP contribution is 2.19. The zero-order chi connectivity index (χ0) is 16.2. The number of nitrogens with two attached hydrogens (primary N) is 1. The lowest BCUT2D eigenvalue weighted by molar-refractivity contribution is 0.0996. The van der Waals surface area contributed by atoms with Gasteiger partial charge in [-0.2, -0.15) is 0 Å². The molecule has 0 aliphatic rings. The predicted octanol–water partition coefficient (Wildman–Crippen LogP) is 1.19. The van der Waals surface area contributed by atoms with Crippen molar-refractivity contribution in [1.29, 1.82) is 0 Å². The summed E-state index contributed by atoms with van der Waals surface area (Å²) in [6, 6.07) is 12.0. The van der Waals surface area contributed by atoms with E-state index in [4.69, 9.17) is 5.73 Å². The Labute approximate surface area is 129 Å². The fraction of sp³-hybridized carbons (Fsp3) is 0.200. The molecule has 0 atom stereocenters. The van der Waals surface area contributed by atoms with Crippen LogP contribution in [-0.2, 0) is 16.6 Å². The van der Waals surface area contributed by atoms with E-state index >= 15 is 0 Å². The third-order valence-electron chi connectivity index (χ3n) is 3.07. The van der Waals surface area contributed by atoms with Crippen LogP contribution in [0.3, 0.4) is 0 Å². The molecule has 2 N–H and O–H groups in total. The van der Waals surface area contributed by atoms with Crippen LogP contribution in [0.1, 0.15) is 16.1 Å². The van der Waals surface area contributed by atoms with E-state index in [0.717, 1.165) is 6.26 Å². The molecule has 0 unspecified atom stereocenters. The fourth-order valence-corrected chi connectivity index (χ4v) is 2.84. The lowest BCUT2D eigenvalue weighted by Gasteiger charge is -2.22. The summed E-state index contributed by atoms with van der Waals surface area (Å²) in [4.78, 5) is 15.5. The zero-order valence-corrected chi connectivity index (χ0v) is 13.0. The number of carbonyl (C=O) groups excluding carboxylic acids is 1. The van der Waals surface area contributed by atoms with Crippen LogP contribution in [0.5, 0.6) is 0 Å². The van der Waals surface area contributed by atoms with Crippen LogP contribution in [0.25, 0.3) is 0 Å². The van der Waals surface area contributed by atoms with Gasteiger partial charge >= 0.3 is 0 Å². The van der Waals surface area contributed by atoms with Crippen LogP contribution in [0.2, 0.25) is 0 Å². The lowest BCUT2D eigenvalue weighted by Crippen LogP contribution is -2.29. The van der Waals surface area contributed by atoms with Crippen molar-refractivity contribution in [2.45, 2.75) is 6.54 Å². The van der Waals surface area contributed by atoms with Crippen molar-refractivity contribution in [3.8, 4) is 0 Å². The maximum atomic E-state index is 12.0. The number of carbonyl (C=O) groups is 1. The van der Waals surface area contributed by atoms with Gasteiger partial charge in [0.2, 0.25) is 10.0 Å². The number of hydrogen-bond donors (Lipinski definition) is 1. The molecule has 0 fully saturated rings. The van der Waals surface area contributed by atoms with Crippen molar-refractivity contribution in [2.75, 3.05) is 17.1 Å². The third-order valence-corrected chi connectivity index (χ3v) is 4.21. The number of anilines is 1. The minimum absolute atomic E-state index is 0.105. The molecule has 1 heterocycles. The van der Waals surface area contributed by atoms with Crippen molar-refractivity contribution in [2.24, 2.45) is 5.73 Å². The standard InChI is InChI=1S/C15H17N3O3S/c1-22(20,21)18(13-5-3-2-4-6-13)11-12-7-8-14(17-10-12)15(19)9-16/h2-8,10H,9,11,16H2,1H3. The van der Waals surface area contributed by atoms with Gasteiger partial charge in [0.25, 0.3) is 0 Å². The second-order valence-corrected chi connectivity index (χ2v) is 6.69. The largest absolute Gasteiger partial charge is 0.324 e. The summed E-state index contributed by atoms with van der Waals surface area (Å²) in [5, 5.41) is 0. The number of Topliss-reactive ketones (excluding diaryl/α,β-unsaturated/α-hetero) is 1. The topological polar surface area (TPSA) is 93.4 Å². The summed E-state index contributed by atoms with van der Waals surface area (Å²) >= 11 is 0. The first-order valence-electron chi connectivity index (χ1n) is 6.63. The van der Waals surface area contributed by atoms with Crippen LogP contribution in [0.15, 0.2) is 48.7 Å². The zero-order valence-electron chi connectivity index (χ0n) is 12.1. The second-order valence-electron chi connectivity index (χ2n) is 4.78. The molecule has 22 heavy (non-hydrogen) atoms. The van der Waals surface area contributed by atoms with Crippen molar-refractivity contribution in [3.63, 3.8) is 0 Å². The average molecular weight is 319 g/mol. The smallest absolute Gasteiger partial charge is 0.232 e. The van der Waals surface area contributed by atoms with E-state index in [1.807, 2.05) is 6.07 Å². The first kappa shape index (κ1) is 16.1. The Hall–Kier alpha value is -2.25. The Morgan fingerprint density at radius 3 is 2.36 bits per heavy atom. The number of rotatable bonds is 6. The fourth-order valence-electron chi connectivity index (χ4n) is 1.95. The summed E-state index contributed by atoms with van der Waals surface area (Å²) in [6.07, 6.45) is 2.64. The number of sulfonamides is 1. The lowest BCUT2D eigenvalue weighted by atomic mass is 10.2. The number of pyridine rings is 1. The van der Waals surface area contributed by atoms with Gasteiger partial charge in [0.1, 0.15) is 5.69 Å². The van der Waals surface area contributed by atoms with E-state index in [2.05, 4.69) is 4.98 Å². The van der Waals surface area contributed by atoms with Crippen LogP contribution in [0.4, 0.5) is 5.69 Å². The minimum Gasteiger partial charge on any atom is -0.324 e. The highest BCUT2D eigenvalue weighted by molar-refractivity contribution is 7.92. The predicted molar refractivity (Wildman–Crippen MR) is 85.1 cm³/mol. The van der Waals surface area contributed by atoms with E-state index in [1.54, 1.807) is 36.4 Å². The Kier molecular flexibility index (Phi) is 4.89. The molecular formula is C15H17N3O3S. The van der Waals surface area contributed by atoms with Crippen molar-refractivity contribution in [3.05, 3.63) is 59.9 Å². The first-order valence-corrected chi connectivity index (χ1v) is 8.47. The maximum absolute atomic E-state index is 12.0. The molecule has 1 aromatic heterocycles. The molecular weight excluding hydrogens is 302 g/mol. The van der Waals surface area contributed by atoms with Crippen LogP contribution in [0, 0.1) is 0 Å². The molecule has 0 amide bonds. The first-order chi connectivity index (χ1) is 10.4. The molecule has 0 radical (unpaired) electrons. The number of ketones is 1. The van der Waals surface area contributed by atoms with Gasteiger partial charge < -0.3 is 5.73 Å². The summed E-state index contributed by atoms with van der Waals surface area (Å²) in [5.41, 5.74) is 6.81. The molecule has 2 rings (SSSR count). The SMILES string of the molecule is CS(=O)(=O)N(Cc1ccc(C(=O)CN)nc1)c1ccccc1. The Balaban J connectivity index is 2.27. The summed E-state index contributed by atoms with van der Waals surface area (Å²) in [7, 11) is -3.43. The van der Waals surface area contributed by atoms with E-state index in [-0.39, 0.29) is 24.6 Å². The van der Waals surface area contributed by atoms with Crippen molar-refractivity contribution < 1.29 is 13.2 Å². The van der Waals surface area contributed by atoms with Gasteiger partial charge in [-0.25, -0.2) is 8.42 Å². The summed E-state index contributed by atoms with van der Waals surface area (Å²) < 4.78 is 25.3. The van der Waals surface area contributed by atoms with E-state index in [0.29, 0.717) is 11.3 Å². The number of aromatic nitrogens is 1. The minimum atomic E-state index is -3.43. The number of nitrogens with zero attached hydrogens (tertiary/aromatic N) is 2. The van der Waals surface area contributed by atoms with Gasteiger partial charge in [0.15, 0.2) is 5.78 Å². The van der Waals surface area contributed by atoms with E-state index in [9.17, 15) is 13.2 Å². The molecule has 2 aromatic rings. The molecule has 0 aliphatic heterocycles. The summed E-state index contributed by atoms with van der Waals surface area (Å²) in [6.45, 7) is 0.0404. The Morgan fingerprint density at radius 1 is 1.18 bits per heavy atom. The van der Waals surface area contributed by atoms with Crippen LogP contribution < -0.4 is 10.0 Å². The monoisotopic (exact) mass is 319 g/mol. The molecule has 0 aliphatic carbocycles. The van der Waals surface area contributed by atoms with Crippen LogP contribution >= 0.6 is 0 Å². The average Bonchev–Trinajstić information content (AvgIpc) is 2.52. The van der Waals surface area contributed by atoms with Gasteiger partial charge in [0, 0.05) is 6.20 Å². The Morgan fingerprint density at radius 2 is 1.86 bits per heavy atom. The van der Waals surface area contributed by atoms with Gasteiger partial charge in [-0.05, 0) is 23.8 Å². The van der Waals surface area contributed by atoms with Gasteiger partial charge in [0.05, 0.1) is 25.0 Å².